The monoisotopic (exact) mass is 464 g/mol. The van der Waals surface area contributed by atoms with E-state index in [1.165, 1.54) is 23.4 Å². The van der Waals surface area contributed by atoms with Crippen molar-refractivity contribution in [2.24, 2.45) is 14.1 Å². The summed E-state index contributed by atoms with van der Waals surface area (Å²) in [6.45, 7) is 5.71. The number of hydrogen-bond donors (Lipinski definition) is 0. The van der Waals surface area contributed by atoms with Crippen LogP contribution in [0.4, 0.5) is 4.79 Å². The summed E-state index contributed by atoms with van der Waals surface area (Å²) in [5.74, 6) is 0.508. The van der Waals surface area contributed by atoms with E-state index < -0.39 is 11.2 Å². The molecule has 0 unspecified atom stereocenters. The first-order valence-corrected chi connectivity index (χ1v) is 11.6. The minimum absolute atomic E-state index is 0.0864. The summed E-state index contributed by atoms with van der Waals surface area (Å²) < 4.78 is 7.35. The molecule has 2 aromatic heterocycles. The zero-order valence-corrected chi connectivity index (χ0v) is 19.6. The SMILES string of the molecule is CCCc1nc(SCC(=O)N2CCN(C(=O)OCC)CC2)c2c(=O)n(C)c(=O)n(C)c2n1. The van der Waals surface area contributed by atoms with Crippen molar-refractivity contribution in [1.29, 1.82) is 0 Å². The first-order valence-electron chi connectivity index (χ1n) is 10.6. The number of aromatic nitrogens is 4. The second-order valence-corrected chi connectivity index (χ2v) is 8.42. The smallest absolute Gasteiger partial charge is 0.409 e. The fourth-order valence-electron chi connectivity index (χ4n) is 3.49. The van der Waals surface area contributed by atoms with Gasteiger partial charge in [0.15, 0.2) is 5.65 Å². The lowest BCUT2D eigenvalue weighted by Crippen LogP contribution is -2.51. The van der Waals surface area contributed by atoms with Gasteiger partial charge < -0.3 is 14.5 Å². The maximum atomic E-state index is 12.8. The lowest BCUT2D eigenvalue weighted by Gasteiger charge is -2.34. The third-order valence-electron chi connectivity index (χ3n) is 5.28. The number of piperazine rings is 1. The summed E-state index contributed by atoms with van der Waals surface area (Å²) >= 11 is 1.17. The summed E-state index contributed by atoms with van der Waals surface area (Å²) in [7, 11) is 2.97. The molecule has 0 aliphatic carbocycles. The van der Waals surface area contributed by atoms with Crippen LogP contribution in [0.15, 0.2) is 14.6 Å². The molecule has 11 nitrogen and oxygen atoms in total. The summed E-state index contributed by atoms with van der Waals surface area (Å²) in [6.07, 6.45) is 1.03. The van der Waals surface area contributed by atoms with Crippen LogP contribution in [0.2, 0.25) is 0 Å². The summed E-state index contributed by atoms with van der Waals surface area (Å²) in [5.41, 5.74) is -0.672. The third kappa shape index (κ3) is 4.79. The molecule has 0 atom stereocenters. The van der Waals surface area contributed by atoms with Gasteiger partial charge in [-0.15, -0.1) is 0 Å². The van der Waals surface area contributed by atoms with Gasteiger partial charge in [-0.1, -0.05) is 18.7 Å². The van der Waals surface area contributed by atoms with Crippen LogP contribution < -0.4 is 11.2 Å². The third-order valence-corrected chi connectivity index (χ3v) is 6.24. The molecule has 2 aromatic rings. The van der Waals surface area contributed by atoms with Gasteiger partial charge in [0.05, 0.1) is 12.4 Å². The lowest BCUT2D eigenvalue weighted by atomic mass is 10.3. The number of hydrogen-bond acceptors (Lipinski definition) is 8. The van der Waals surface area contributed by atoms with Crippen molar-refractivity contribution in [3.63, 3.8) is 0 Å². The molecule has 32 heavy (non-hydrogen) atoms. The van der Waals surface area contributed by atoms with Crippen molar-refractivity contribution in [2.45, 2.75) is 31.7 Å². The molecular formula is C20H28N6O5S. The Bertz CT molecular complexity index is 1140. The normalized spacial score (nSPS) is 14.1. The maximum Gasteiger partial charge on any atom is 0.409 e. The topological polar surface area (TPSA) is 120 Å². The molecule has 0 N–H and O–H groups in total. The minimum Gasteiger partial charge on any atom is -0.450 e. The Labute approximate surface area is 189 Å². The fourth-order valence-corrected chi connectivity index (χ4v) is 4.42. The number of rotatable bonds is 6. The highest BCUT2D eigenvalue weighted by molar-refractivity contribution is 8.00. The molecule has 0 radical (unpaired) electrons. The molecule has 1 fully saturated rings. The van der Waals surface area contributed by atoms with Crippen LogP contribution in [0.1, 0.15) is 26.1 Å². The molecule has 0 saturated carbocycles. The first kappa shape index (κ1) is 23.8. The van der Waals surface area contributed by atoms with Crippen LogP contribution in [0, 0.1) is 0 Å². The number of fused-ring (bicyclic) bond motifs is 1. The molecule has 174 valence electrons. The van der Waals surface area contributed by atoms with Crippen molar-refractivity contribution in [1.82, 2.24) is 28.9 Å². The molecule has 0 aromatic carbocycles. The predicted octanol–water partition coefficient (Wildman–Crippen LogP) is 0.373. The Hall–Kier alpha value is -2.89. The zero-order valence-electron chi connectivity index (χ0n) is 18.8. The van der Waals surface area contributed by atoms with Gasteiger partial charge in [-0.3, -0.25) is 18.7 Å². The Morgan fingerprint density at radius 2 is 1.66 bits per heavy atom. The van der Waals surface area contributed by atoms with Crippen LogP contribution in [0.5, 0.6) is 0 Å². The summed E-state index contributed by atoms with van der Waals surface area (Å²) in [5, 5.41) is 0.632. The van der Waals surface area contributed by atoms with E-state index in [9.17, 15) is 19.2 Å². The number of amides is 2. The van der Waals surface area contributed by atoms with Crippen molar-refractivity contribution >= 4 is 34.8 Å². The largest absolute Gasteiger partial charge is 0.450 e. The standard InChI is InChI=1S/C20H28N6O5S/c1-5-7-13-21-16-15(18(28)24(4)19(29)23(16)3)17(22-13)32-12-14(27)25-8-10-26(11-9-25)20(30)31-6-2/h5-12H2,1-4H3. The molecule has 0 spiro atoms. The van der Waals surface area contributed by atoms with Gasteiger partial charge >= 0.3 is 11.8 Å². The minimum atomic E-state index is -0.482. The molecule has 12 heteroatoms. The highest BCUT2D eigenvalue weighted by Crippen LogP contribution is 2.23. The predicted molar refractivity (Wildman–Crippen MR) is 120 cm³/mol. The molecule has 1 saturated heterocycles. The fraction of sp³-hybridized carbons (Fsp3) is 0.600. The maximum absolute atomic E-state index is 12.8. The Morgan fingerprint density at radius 3 is 2.28 bits per heavy atom. The van der Waals surface area contributed by atoms with E-state index in [0.717, 1.165) is 11.0 Å². The molecule has 1 aliphatic rings. The Morgan fingerprint density at radius 1 is 1.00 bits per heavy atom. The number of aryl methyl sites for hydroxylation is 2. The van der Waals surface area contributed by atoms with E-state index >= 15 is 0 Å². The van der Waals surface area contributed by atoms with Gasteiger partial charge in [0.1, 0.15) is 16.2 Å². The van der Waals surface area contributed by atoms with Crippen molar-refractivity contribution < 1.29 is 14.3 Å². The van der Waals surface area contributed by atoms with Gasteiger partial charge in [0, 0.05) is 46.7 Å². The zero-order chi connectivity index (χ0) is 23.4. The second-order valence-electron chi connectivity index (χ2n) is 7.45. The highest BCUT2D eigenvalue weighted by atomic mass is 32.2. The summed E-state index contributed by atoms with van der Waals surface area (Å²) in [6, 6.07) is 0. The van der Waals surface area contributed by atoms with Gasteiger partial charge in [0.25, 0.3) is 5.56 Å². The van der Waals surface area contributed by atoms with Crippen LogP contribution in [-0.2, 0) is 30.0 Å². The molecule has 3 rings (SSSR count). The van der Waals surface area contributed by atoms with E-state index in [1.54, 1.807) is 23.8 Å². The van der Waals surface area contributed by atoms with Crippen molar-refractivity contribution in [3.8, 4) is 0 Å². The first-order chi connectivity index (χ1) is 15.3. The highest BCUT2D eigenvalue weighted by Gasteiger charge is 2.25. The number of carbonyl (C=O) groups excluding carboxylic acids is 2. The molecular weight excluding hydrogens is 436 g/mol. The van der Waals surface area contributed by atoms with E-state index in [4.69, 9.17) is 4.74 Å². The number of ether oxygens (including phenoxy) is 1. The molecule has 2 amide bonds. The summed E-state index contributed by atoms with van der Waals surface area (Å²) in [4.78, 5) is 62.0. The van der Waals surface area contributed by atoms with Crippen molar-refractivity contribution in [2.75, 3.05) is 38.5 Å². The van der Waals surface area contributed by atoms with Crippen LogP contribution in [0.25, 0.3) is 11.0 Å². The number of carbonyl (C=O) groups is 2. The molecule has 3 heterocycles. The Kier molecular flexibility index (Phi) is 7.54. The van der Waals surface area contributed by atoms with Crippen LogP contribution in [-0.4, -0.2) is 79.4 Å². The second kappa shape index (κ2) is 10.2. The van der Waals surface area contributed by atoms with E-state index in [-0.39, 0.29) is 28.8 Å². The lowest BCUT2D eigenvalue weighted by molar-refractivity contribution is -0.129. The van der Waals surface area contributed by atoms with Gasteiger partial charge in [0.2, 0.25) is 5.91 Å². The van der Waals surface area contributed by atoms with E-state index in [0.29, 0.717) is 50.1 Å². The quantitative estimate of drug-likeness (QED) is 0.444. The average Bonchev–Trinajstić information content (AvgIpc) is 2.80. The molecule has 0 bridgehead atoms. The Balaban J connectivity index is 1.80. The van der Waals surface area contributed by atoms with Gasteiger partial charge in [-0.25, -0.2) is 19.6 Å². The average molecular weight is 465 g/mol. The van der Waals surface area contributed by atoms with Gasteiger partial charge in [-0.2, -0.15) is 0 Å². The van der Waals surface area contributed by atoms with Crippen molar-refractivity contribution in [3.05, 3.63) is 26.7 Å². The molecule has 1 aliphatic heterocycles. The van der Waals surface area contributed by atoms with Crippen LogP contribution >= 0.6 is 11.8 Å². The van der Waals surface area contributed by atoms with E-state index in [2.05, 4.69) is 9.97 Å². The number of thioether (sulfide) groups is 1. The van der Waals surface area contributed by atoms with Gasteiger partial charge in [-0.05, 0) is 13.3 Å². The van der Waals surface area contributed by atoms with Crippen LogP contribution in [0.3, 0.4) is 0 Å². The number of nitrogens with zero attached hydrogens (tertiary/aromatic N) is 6. The van der Waals surface area contributed by atoms with E-state index in [1.807, 2.05) is 6.92 Å².